The number of fused-ring (bicyclic) bond motifs is 5. The van der Waals surface area contributed by atoms with Gasteiger partial charge in [0.25, 0.3) is 5.91 Å². The van der Waals surface area contributed by atoms with Crippen molar-refractivity contribution in [3.63, 3.8) is 0 Å². The minimum atomic E-state index is -0.385. The topological polar surface area (TPSA) is 75.4 Å². The van der Waals surface area contributed by atoms with Crippen molar-refractivity contribution in [1.29, 1.82) is 0 Å². The Bertz CT molecular complexity index is 1120. The average molecular weight is 378 g/mol. The number of pyridine rings is 1. The third kappa shape index (κ3) is 2.48. The molecule has 7 nitrogen and oxygen atoms in total. The lowest BCUT2D eigenvalue weighted by Crippen LogP contribution is -2.34. The number of amides is 1. The summed E-state index contributed by atoms with van der Waals surface area (Å²) >= 11 is 0. The molecule has 28 heavy (non-hydrogen) atoms. The van der Waals surface area contributed by atoms with Crippen LogP contribution in [0.1, 0.15) is 47.4 Å². The zero-order chi connectivity index (χ0) is 19.4. The molecule has 8 heteroatoms. The molecule has 2 atom stereocenters. The summed E-state index contributed by atoms with van der Waals surface area (Å²) < 4.78 is 15.7. The second kappa shape index (κ2) is 6.12. The molecule has 1 saturated heterocycles. The number of carbonyl (C=O) groups excluding carboxylic acids is 1. The Balaban J connectivity index is 1.76. The van der Waals surface area contributed by atoms with E-state index in [4.69, 9.17) is 4.98 Å². The third-order valence-electron chi connectivity index (χ3n) is 5.56. The summed E-state index contributed by atoms with van der Waals surface area (Å²) in [5.74, 6) is 0.0678. The van der Waals surface area contributed by atoms with Gasteiger partial charge < -0.3 is 10.2 Å². The molecule has 1 amide bonds. The lowest BCUT2D eigenvalue weighted by Gasteiger charge is -2.29. The minimum absolute atomic E-state index is 0.0569. The number of aromatic nitrogens is 4. The van der Waals surface area contributed by atoms with Gasteiger partial charge in [0.2, 0.25) is 0 Å². The normalized spacial score (nSPS) is 21.9. The summed E-state index contributed by atoms with van der Waals surface area (Å²) in [5.41, 5.74) is 2.96. The summed E-state index contributed by atoms with van der Waals surface area (Å²) in [6, 6.07) is 2.96. The molecule has 2 bridgehead atoms. The highest BCUT2D eigenvalue weighted by Crippen LogP contribution is 2.38. The Kier molecular flexibility index (Phi) is 3.68. The Morgan fingerprint density at radius 1 is 1.36 bits per heavy atom. The molecule has 1 fully saturated rings. The highest BCUT2D eigenvalue weighted by molar-refractivity contribution is 6.00. The fourth-order valence-electron chi connectivity index (χ4n) is 4.09. The maximum absolute atomic E-state index is 14.1. The van der Waals surface area contributed by atoms with Gasteiger partial charge in [-0.1, -0.05) is 6.58 Å². The number of hydrogen-bond donors (Lipinski definition) is 1. The quantitative estimate of drug-likeness (QED) is 0.651. The van der Waals surface area contributed by atoms with Gasteiger partial charge in [-0.15, -0.1) is 0 Å². The van der Waals surface area contributed by atoms with Crippen LogP contribution in [0.25, 0.3) is 11.2 Å². The molecule has 0 unspecified atom stereocenters. The van der Waals surface area contributed by atoms with Crippen LogP contribution in [0.15, 0.2) is 37.3 Å². The van der Waals surface area contributed by atoms with Crippen molar-refractivity contribution >= 4 is 22.9 Å². The maximum Gasteiger partial charge on any atom is 0.257 e. The Morgan fingerprint density at radius 3 is 3.07 bits per heavy atom. The molecule has 5 rings (SSSR count). The van der Waals surface area contributed by atoms with Gasteiger partial charge in [0.05, 0.1) is 30.2 Å². The van der Waals surface area contributed by atoms with E-state index in [-0.39, 0.29) is 23.8 Å². The van der Waals surface area contributed by atoms with E-state index in [1.165, 1.54) is 18.5 Å². The van der Waals surface area contributed by atoms with E-state index < -0.39 is 0 Å². The van der Waals surface area contributed by atoms with Crippen LogP contribution in [0.2, 0.25) is 0 Å². The van der Waals surface area contributed by atoms with Gasteiger partial charge >= 0.3 is 0 Å². The molecule has 142 valence electrons. The lowest BCUT2D eigenvalue weighted by molar-refractivity contribution is 0.0949. The van der Waals surface area contributed by atoms with Crippen LogP contribution in [-0.4, -0.2) is 38.1 Å². The Morgan fingerprint density at radius 2 is 2.21 bits per heavy atom. The predicted octanol–water partition coefficient (Wildman–Crippen LogP) is 2.75. The van der Waals surface area contributed by atoms with Crippen LogP contribution < -0.4 is 10.2 Å². The Hall–Kier alpha value is -3.29. The van der Waals surface area contributed by atoms with Gasteiger partial charge in [-0.05, 0) is 37.5 Å². The fourth-order valence-corrected chi connectivity index (χ4v) is 4.09. The van der Waals surface area contributed by atoms with E-state index in [0.717, 1.165) is 30.8 Å². The average Bonchev–Trinajstić information content (AvgIpc) is 3.33. The first-order valence-electron chi connectivity index (χ1n) is 9.29. The monoisotopic (exact) mass is 378 g/mol. The molecule has 3 aromatic rings. The number of halogens is 1. The molecular weight excluding hydrogens is 359 g/mol. The molecule has 5 heterocycles. The van der Waals surface area contributed by atoms with Gasteiger partial charge in [0.15, 0.2) is 5.65 Å². The number of rotatable bonds is 0. The fraction of sp³-hybridized carbons (Fsp3) is 0.300. The molecule has 0 radical (unpaired) electrons. The van der Waals surface area contributed by atoms with Crippen molar-refractivity contribution in [3.8, 4) is 0 Å². The summed E-state index contributed by atoms with van der Waals surface area (Å²) in [5, 5.41) is 7.17. The van der Waals surface area contributed by atoms with E-state index in [0.29, 0.717) is 22.5 Å². The summed E-state index contributed by atoms with van der Waals surface area (Å²) in [6.07, 6.45) is 6.34. The summed E-state index contributed by atoms with van der Waals surface area (Å²) in [7, 11) is 0. The third-order valence-corrected chi connectivity index (χ3v) is 5.56. The van der Waals surface area contributed by atoms with E-state index in [2.05, 4.69) is 26.9 Å². The SMILES string of the molecule is C=C1c2ncc(F)cc2[C@@H]2CCCN2c2ccn3ncc(c3n2)C(=O)N[C@@H]1C. The second-order valence-corrected chi connectivity index (χ2v) is 7.28. The van der Waals surface area contributed by atoms with Crippen LogP contribution in [0.3, 0.4) is 0 Å². The van der Waals surface area contributed by atoms with E-state index in [1.54, 1.807) is 10.7 Å². The first-order valence-corrected chi connectivity index (χ1v) is 9.29. The van der Waals surface area contributed by atoms with Crippen molar-refractivity contribution in [1.82, 2.24) is 24.9 Å². The van der Waals surface area contributed by atoms with E-state index >= 15 is 0 Å². The molecule has 3 aromatic heterocycles. The lowest BCUT2D eigenvalue weighted by atomic mass is 9.95. The Labute approximate surface area is 160 Å². The highest BCUT2D eigenvalue weighted by atomic mass is 19.1. The molecule has 2 aliphatic heterocycles. The first kappa shape index (κ1) is 16.9. The molecule has 0 saturated carbocycles. The smallest absolute Gasteiger partial charge is 0.257 e. The number of nitrogens with one attached hydrogen (secondary N) is 1. The van der Waals surface area contributed by atoms with E-state index in [1.807, 2.05) is 13.0 Å². The van der Waals surface area contributed by atoms with Gasteiger partial charge in [-0.25, -0.2) is 13.9 Å². The predicted molar refractivity (Wildman–Crippen MR) is 102 cm³/mol. The van der Waals surface area contributed by atoms with Gasteiger partial charge in [-0.3, -0.25) is 9.78 Å². The number of carbonyl (C=O) groups is 1. The maximum atomic E-state index is 14.1. The molecular formula is C20H19FN6O. The first-order chi connectivity index (χ1) is 13.5. The van der Waals surface area contributed by atoms with Crippen LogP contribution in [-0.2, 0) is 0 Å². The van der Waals surface area contributed by atoms with Crippen molar-refractivity contribution < 1.29 is 9.18 Å². The molecule has 0 spiro atoms. The molecule has 2 aliphatic rings. The van der Waals surface area contributed by atoms with Gasteiger partial charge in [0.1, 0.15) is 17.2 Å². The van der Waals surface area contributed by atoms with Crippen molar-refractivity contribution in [3.05, 3.63) is 59.9 Å². The standard InChI is InChI=1S/C20H19FN6O/c1-11-12(2)24-20(28)15-10-23-27-7-5-17(25-19(15)27)26-6-3-4-16(26)14-8-13(21)9-22-18(11)14/h5,7-10,12,16H,1,3-4,6H2,2H3,(H,24,28)/t12-,16+/m1/s1. The van der Waals surface area contributed by atoms with Crippen LogP contribution >= 0.6 is 0 Å². The number of hydrogen-bond acceptors (Lipinski definition) is 5. The summed E-state index contributed by atoms with van der Waals surface area (Å²) in [6.45, 7) is 6.79. The number of anilines is 1. The van der Waals surface area contributed by atoms with Crippen molar-refractivity contribution in [2.24, 2.45) is 0 Å². The van der Waals surface area contributed by atoms with Gasteiger partial charge in [-0.2, -0.15) is 5.10 Å². The van der Waals surface area contributed by atoms with Crippen molar-refractivity contribution in [2.75, 3.05) is 11.4 Å². The molecule has 0 aliphatic carbocycles. The zero-order valence-corrected chi connectivity index (χ0v) is 15.4. The van der Waals surface area contributed by atoms with Crippen molar-refractivity contribution in [2.45, 2.75) is 31.8 Å². The van der Waals surface area contributed by atoms with Crippen LogP contribution in [0.4, 0.5) is 10.2 Å². The zero-order valence-electron chi connectivity index (χ0n) is 15.4. The molecule has 0 aromatic carbocycles. The molecule has 1 N–H and O–H groups in total. The highest BCUT2D eigenvalue weighted by Gasteiger charge is 2.32. The number of nitrogens with zero attached hydrogens (tertiary/aromatic N) is 5. The van der Waals surface area contributed by atoms with Crippen LogP contribution in [0, 0.1) is 5.82 Å². The van der Waals surface area contributed by atoms with Gasteiger partial charge in [0, 0.05) is 18.3 Å². The largest absolute Gasteiger partial charge is 0.349 e. The van der Waals surface area contributed by atoms with E-state index in [9.17, 15) is 9.18 Å². The van der Waals surface area contributed by atoms with Crippen LogP contribution in [0.5, 0.6) is 0 Å². The second-order valence-electron chi connectivity index (χ2n) is 7.28. The summed E-state index contributed by atoms with van der Waals surface area (Å²) in [4.78, 5) is 24.0. The minimum Gasteiger partial charge on any atom is -0.349 e.